The summed E-state index contributed by atoms with van der Waals surface area (Å²) in [7, 11) is 0. The van der Waals surface area contributed by atoms with E-state index in [1.54, 1.807) is 45.0 Å². The Labute approximate surface area is 123 Å². The molecule has 1 aromatic carbocycles. The molecule has 0 heterocycles. The van der Waals surface area contributed by atoms with Crippen molar-refractivity contribution in [3.05, 3.63) is 42.0 Å². The van der Waals surface area contributed by atoms with E-state index in [4.69, 9.17) is 9.84 Å². The van der Waals surface area contributed by atoms with Gasteiger partial charge >= 0.3 is 11.9 Å². The monoisotopic (exact) mass is 292 g/mol. The minimum absolute atomic E-state index is 0.741. The second-order valence-corrected chi connectivity index (χ2v) is 5.74. The summed E-state index contributed by atoms with van der Waals surface area (Å²) in [5.41, 5.74) is -2.27. The van der Waals surface area contributed by atoms with E-state index in [-0.39, 0.29) is 0 Å². The predicted octanol–water partition coefficient (Wildman–Crippen LogP) is 2.25. The van der Waals surface area contributed by atoms with Crippen LogP contribution in [-0.2, 0) is 14.3 Å². The van der Waals surface area contributed by atoms with E-state index in [0.717, 1.165) is 11.6 Å². The molecule has 2 N–H and O–H groups in total. The summed E-state index contributed by atoms with van der Waals surface area (Å²) in [6, 6.07) is 8.96. The SMILES string of the molecule is CC(C)(C)OC(=O)C(O)(/C=C/c1ccccc1)CC(=O)O. The van der Waals surface area contributed by atoms with Gasteiger partial charge in [0.25, 0.3) is 0 Å². The van der Waals surface area contributed by atoms with Gasteiger partial charge < -0.3 is 14.9 Å². The van der Waals surface area contributed by atoms with Crippen LogP contribution >= 0.6 is 0 Å². The molecule has 21 heavy (non-hydrogen) atoms. The van der Waals surface area contributed by atoms with Crippen LogP contribution in [0.5, 0.6) is 0 Å². The van der Waals surface area contributed by atoms with Crippen molar-refractivity contribution in [2.45, 2.75) is 38.4 Å². The van der Waals surface area contributed by atoms with Gasteiger partial charge in [0.15, 0.2) is 5.60 Å². The highest BCUT2D eigenvalue weighted by atomic mass is 16.6. The maximum atomic E-state index is 12.1. The van der Waals surface area contributed by atoms with Gasteiger partial charge in [-0.2, -0.15) is 0 Å². The van der Waals surface area contributed by atoms with Crippen LogP contribution < -0.4 is 0 Å². The Bertz CT molecular complexity index is 527. The standard InChI is InChI=1S/C16H20O5/c1-15(2,3)21-14(19)16(20,11-13(17)18)10-9-12-7-5-4-6-8-12/h4-10,20H,11H2,1-3H3,(H,17,18)/b10-9+. The average Bonchev–Trinajstić information content (AvgIpc) is 2.35. The molecule has 1 rings (SSSR count). The van der Waals surface area contributed by atoms with Crippen molar-refractivity contribution in [3.8, 4) is 0 Å². The molecule has 1 unspecified atom stereocenters. The second kappa shape index (κ2) is 6.54. The number of carbonyl (C=O) groups is 2. The maximum Gasteiger partial charge on any atom is 0.343 e. The molecule has 5 nitrogen and oxygen atoms in total. The quantitative estimate of drug-likeness (QED) is 0.813. The number of carboxylic acids is 1. The molecule has 114 valence electrons. The first-order chi connectivity index (χ1) is 9.62. The van der Waals surface area contributed by atoms with Crippen molar-refractivity contribution in [1.29, 1.82) is 0 Å². The van der Waals surface area contributed by atoms with E-state index < -0.39 is 29.6 Å². The summed E-state index contributed by atoms with van der Waals surface area (Å²) in [4.78, 5) is 22.9. The molecule has 0 bridgehead atoms. The van der Waals surface area contributed by atoms with E-state index in [2.05, 4.69) is 0 Å². The minimum Gasteiger partial charge on any atom is -0.481 e. The normalized spacial score (nSPS) is 14.7. The third-order valence-corrected chi connectivity index (χ3v) is 2.52. The zero-order valence-corrected chi connectivity index (χ0v) is 12.4. The highest BCUT2D eigenvalue weighted by Gasteiger charge is 2.39. The number of aliphatic hydroxyl groups is 1. The second-order valence-electron chi connectivity index (χ2n) is 5.74. The van der Waals surface area contributed by atoms with E-state index in [0.29, 0.717) is 0 Å². The van der Waals surface area contributed by atoms with Crippen LogP contribution in [0.15, 0.2) is 36.4 Å². The van der Waals surface area contributed by atoms with E-state index in [1.807, 2.05) is 6.07 Å². The lowest BCUT2D eigenvalue weighted by Crippen LogP contribution is -2.43. The van der Waals surface area contributed by atoms with Gasteiger partial charge in [-0.3, -0.25) is 4.79 Å². The van der Waals surface area contributed by atoms with Gasteiger partial charge in [-0.1, -0.05) is 36.4 Å². The van der Waals surface area contributed by atoms with Crippen molar-refractivity contribution in [3.63, 3.8) is 0 Å². The fourth-order valence-electron chi connectivity index (χ4n) is 1.59. The van der Waals surface area contributed by atoms with E-state index >= 15 is 0 Å². The molecule has 1 aromatic rings. The highest BCUT2D eigenvalue weighted by Crippen LogP contribution is 2.21. The van der Waals surface area contributed by atoms with Gasteiger partial charge in [0.05, 0.1) is 6.42 Å². The lowest BCUT2D eigenvalue weighted by atomic mass is 9.97. The molecule has 0 radical (unpaired) electrons. The molecule has 0 fully saturated rings. The summed E-state index contributed by atoms with van der Waals surface area (Å²) < 4.78 is 5.09. The van der Waals surface area contributed by atoms with Gasteiger partial charge in [0, 0.05) is 0 Å². The number of hydrogen-bond acceptors (Lipinski definition) is 4. The van der Waals surface area contributed by atoms with Crippen LogP contribution in [0.4, 0.5) is 0 Å². The molecular weight excluding hydrogens is 272 g/mol. The zero-order chi connectivity index (χ0) is 16.1. The first-order valence-electron chi connectivity index (χ1n) is 6.54. The van der Waals surface area contributed by atoms with Gasteiger partial charge in [-0.05, 0) is 32.4 Å². The first kappa shape index (κ1) is 16.9. The van der Waals surface area contributed by atoms with Crippen molar-refractivity contribution in [2.24, 2.45) is 0 Å². The van der Waals surface area contributed by atoms with Crippen molar-refractivity contribution >= 4 is 18.0 Å². The fourth-order valence-corrected chi connectivity index (χ4v) is 1.59. The lowest BCUT2D eigenvalue weighted by molar-refractivity contribution is -0.175. The smallest absolute Gasteiger partial charge is 0.343 e. The molecule has 0 saturated carbocycles. The largest absolute Gasteiger partial charge is 0.481 e. The van der Waals surface area contributed by atoms with Crippen molar-refractivity contribution in [1.82, 2.24) is 0 Å². The molecule has 0 amide bonds. The molecule has 0 aromatic heterocycles. The maximum absolute atomic E-state index is 12.1. The number of carbonyl (C=O) groups excluding carboxylic acids is 1. The van der Waals surface area contributed by atoms with E-state index in [1.165, 1.54) is 6.08 Å². The number of hydrogen-bond donors (Lipinski definition) is 2. The number of esters is 1. The molecule has 1 atom stereocenters. The minimum atomic E-state index is -2.20. The summed E-state index contributed by atoms with van der Waals surface area (Å²) in [6.07, 6.45) is 1.89. The number of benzene rings is 1. The summed E-state index contributed by atoms with van der Waals surface area (Å²) in [5.74, 6) is -2.27. The van der Waals surface area contributed by atoms with Crippen LogP contribution in [0, 0.1) is 0 Å². The Hall–Kier alpha value is -2.14. The molecule has 0 spiro atoms. The van der Waals surface area contributed by atoms with Gasteiger partial charge in [0.1, 0.15) is 5.60 Å². The van der Waals surface area contributed by atoms with Crippen LogP contribution in [0.2, 0.25) is 0 Å². The Kier molecular flexibility index (Phi) is 5.27. The van der Waals surface area contributed by atoms with Gasteiger partial charge in [0.2, 0.25) is 0 Å². The van der Waals surface area contributed by atoms with Crippen molar-refractivity contribution < 1.29 is 24.5 Å². The number of ether oxygens (including phenoxy) is 1. The number of aliphatic carboxylic acids is 1. The third-order valence-electron chi connectivity index (χ3n) is 2.52. The Morgan fingerprint density at radius 2 is 1.76 bits per heavy atom. The number of rotatable bonds is 5. The summed E-state index contributed by atoms with van der Waals surface area (Å²) in [6.45, 7) is 4.94. The van der Waals surface area contributed by atoms with Crippen LogP contribution in [0.1, 0.15) is 32.8 Å². The molecule has 0 saturated heterocycles. The van der Waals surface area contributed by atoms with Crippen LogP contribution in [0.25, 0.3) is 6.08 Å². The molecule has 0 aliphatic heterocycles. The van der Waals surface area contributed by atoms with Gasteiger partial charge in [-0.15, -0.1) is 0 Å². The van der Waals surface area contributed by atoms with E-state index in [9.17, 15) is 14.7 Å². The van der Waals surface area contributed by atoms with Crippen LogP contribution in [-0.4, -0.2) is 33.4 Å². The highest BCUT2D eigenvalue weighted by molar-refractivity contribution is 5.88. The first-order valence-corrected chi connectivity index (χ1v) is 6.54. The average molecular weight is 292 g/mol. The fraction of sp³-hybridized carbons (Fsp3) is 0.375. The third kappa shape index (κ3) is 5.79. The molecule has 5 heteroatoms. The summed E-state index contributed by atoms with van der Waals surface area (Å²) in [5, 5.41) is 19.2. The molecule has 0 aliphatic carbocycles. The molecular formula is C16H20O5. The Morgan fingerprint density at radius 3 is 2.24 bits per heavy atom. The van der Waals surface area contributed by atoms with Gasteiger partial charge in [-0.25, -0.2) is 4.79 Å². The Balaban J connectivity index is 3.01. The predicted molar refractivity (Wildman–Crippen MR) is 78.5 cm³/mol. The van der Waals surface area contributed by atoms with Crippen molar-refractivity contribution in [2.75, 3.05) is 0 Å². The lowest BCUT2D eigenvalue weighted by Gasteiger charge is -2.27. The van der Waals surface area contributed by atoms with Crippen LogP contribution in [0.3, 0.4) is 0 Å². The zero-order valence-electron chi connectivity index (χ0n) is 12.4. The number of carboxylic acid groups (broad SMARTS) is 1. The molecule has 0 aliphatic rings. The topological polar surface area (TPSA) is 83.8 Å². The Morgan fingerprint density at radius 1 is 1.19 bits per heavy atom. The summed E-state index contributed by atoms with van der Waals surface area (Å²) >= 11 is 0.